The lowest BCUT2D eigenvalue weighted by atomic mass is 10.2. The number of aromatic nitrogens is 1. The molecular formula is C18H16ClN3O3S. The van der Waals surface area contributed by atoms with Crippen molar-refractivity contribution in [3.8, 4) is 0 Å². The number of nitrogens with one attached hydrogen (secondary N) is 2. The minimum atomic E-state index is -3.77. The Bertz CT molecular complexity index is 1050. The standard InChI is InChI=1S/C18H16ClN3O3S/c19-14-6-2-4-8-16(14)26(24,25)20-12-11-18(23)22-17-10-9-13-5-1-3-7-15(13)21-17/h1-10,20H,11-12H2,(H,21,22,23). The molecule has 0 fully saturated rings. The van der Waals surface area contributed by atoms with Gasteiger partial charge in [0.1, 0.15) is 10.7 Å². The average molecular weight is 390 g/mol. The van der Waals surface area contributed by atoms with Gasteiger partial charge in [-0.05, 0) is 30.3 Å². The third kappa shape index (κ3) is 4.37. The van der Waals surface area contributed by atoms with Gasteiger partial charge in [-0.3, -0.25) is 4.79 Å². The van der Waals surface area contributed by atoms with E-state index in [1.165, 1.54) is 12.1 Å². The fraction of sp³-hybridized carbons (Fsp3) is 0.111. The molecule has 3 rings (SSSR count). The molecule has 1 amide bonds. The van der Waals surface area contributed by atoms with E-state index in [1.54, 1.807) is 18.2 Å². The Hall–Kier alpha value is -2.48. The van der Waals surface area contributed by atoms with Crippen molar-refractivity contribution < 1.29 is 13.2 Å². The molecule has 2 aromatic carbocycles. The molecule has 134 valence electrons. The number of para-hydroxylation sites is 1. The number of sulfonamides is 1. The van der Waals surface area contributed by atoms with Crippen molar-refractivity contribution in [1.82, 2.24) is 9.71 Å². The number of amides is 1. The second-order valence-electron chi connectivity index (χ2n) is 5.52. The van der Waals surface area contributed by atoms with E-state index < -0.39 is 10.0 Å². The Kier molecular flexibility index (Phi) is 5.51. The SMILES string of the molecule is O=C(CCNS(=O)(=O)c1ccccc1Cl)Nc1ccc2ccccc2n1. The Labute approximate surface area is 156 Å². The monoisotopic (exact) mass is 389 g/mol. The zero-order valence-electron chi connectivity index (χ0n) is 13.6. The average Bonchev–Trinajstić information content (AvgIpc) is 2.61. The van der Waals surface area contributed by atoms with Gasteiger partial charge in [0.2, 0.25) is 15.9 Å². The summed E-state index contributed by atoms with van der Waals surface area (Å²) in [5.41, 5.74) is 0.768. The minimum Gasteiger partial charge on any atom is -0.311 e. The number of carbonyl (C=O) groups excluding carboxylic acids is 1. The maximum absolute atomic E-state index is 12.2. The first kappa shape index (κ1) is 18.3. The molecule has 0 saturated carbocycles. The summed E-state index contributed by atoms with van der Waals surface area (Å²) in [5, 5.41) is 3.76. The molecule has 0 aliphatic heterocycles. The molecule has 1 aromatic heterocycles. The first-order valence-corrected chi connectivity index (χ1v) is 9.72. The Balaban J connectivity index is 1.57. The van der Waals surface area contributed by atoms with Crippen LogP contribution in [-0.4, -0.2) is 25.9 Å². The summed E-state index contributed by atoms with van der Waals surface area (Å²) in [6.07, 6.45) is -0.0296. The molecule has 26 heavy (non-hydrogen) atoms. The van der Waals surface area contributed by atoms with Crippen LogP contribution < -0.4 is 10.0 Å². The van der Waals surface area contributed by atoms with Crippen LogP contribution in [0.15, 0.2) is 65.6 Å². The van der Waals surface area contributed by atoms with Crippen LogP contribution in [0.5, 0.6) is 0 Å². The minimum absolute atomic E-state index is 0.0155. The fourth-order valence-corrected chi connectivity index (χ4v) is 3.93. The number of nitrogens with zero attached hydrogens (tertiary/aromatic N) is 1. The van der Waals surface area contributed by atoms with E-state index in [2.05, 4.69) is 15.0 Å². The molecule has 6 nitrogen and oxygen atoms in total. The number of pyridine rings is 1. The maximum atomic E-state index is 12.2. The number of fused-ring (bicyclic) bond motifs is 1. The van der Waals surface area contributed by atoms with Crippen LogP contribution in [-0.2, 0) is 14.8 Å². The molecule has 0 atom stereocenters. The Morgan fingerprint density at radius 2 is 1.73 bits per heavy atom. The number of hydrogen-bond donors (Lipinski definition) is 2. The summed E-state index contributed by atoms with van der Waals surface area (Å²) >= 11 is 5.90. The first-order valence-electron chi connectivity index (χ1n) is 7.85. The predicted octanol–water partition coefficient (Wildman–Crippen LogP) is 3.20. The molecular weight excluding hydrogens is 374 g/mol. The molecule has 2 N–H and O–H groups in total. The van der Waals surface area contributed by atoms with Crippen molar-refractivity contribution >= 4 is 44.3 Å². The smallest absolute Gasteiger partial charge is 0.242 e. The number of carbonyl (C=O) groups is 1. The van der Waals surface area contributed by atoms with E-state index in [0.717, 1.165) is 10.9 Å². The van der Waals surface area contributed by atoms with E-state index in [-0.39, 0.29) is 28.8 Å². The van der Waals surface area contributed by atoms with Crippen molar-refractivity contribution in [2.75, 3.05) is 11.9 Å². The van der Waals surface area contributed by atoms with E-state index >= 15 is 0 Å². The second kappa shape index (κ2) is 7.82. The highest BCUT2D eigenvalue weighted by molar-refractivity contribution is 7.89. The predicted molar refractivity (Wildman–Crippen MR) is 102 cm³/mol. The summed E-state index contributed by atoms with van der Waals surface area (Å²) in [7, 11) is -3.77. The summed E-state index contributed by atoms with van der Waals surface area (Å²) in [5.74, 6) is 0.0808. The molecule has 0 aliphatic rings. The molecule has 8 heteroatoms. The van der Waals surface area contributed by atoms with Gasteiger partial charge in [0.05, 0.1) is 10.5 Å². The molecule has 0 unspecified atom stereocenters. The zero-order valence-corrected chi connectivity index (χ0v) is 15.2. The number of rotatable bonds is 6. The number of benzene rings is 2. The summed E-state index contributed by atoms with van der Waals surface area (Å²) in [4.78, 5) is 16.4. The van der Waals surface area contributed by atoms with E-state index in [4.69, 9.17) is 11.6 Å². The van der Waals surface area contributed by atoms with Gasteiger partial charge in [0.25, 0.3) is 0 Å². The van der Waals surface area contributed by atoms with Crippen molar-refractivity contribution in [3.63, 3.8) is 0 Å². The van der Waals surface area contributed by atoms with Gasteiger partial charge in [0.15, 0.2) is 0 Å². The fourth-order valence-electron chi connectivity index (χ4n) is 2.38. The summed E-state index contributed by atoms with van der Waals surface area (Å²) in [6.45, 7) is -0.0486. The third-order valence-electron chi connectivity index (χ3n) is 3.64. The largest absolute Gasteiger partial charge is 0.311 e. The molecule has 1 heterocycles. The van der Waals surface area contributed by atoms with Gasteiger partial charge in [-0.15, -0.1) is 0 Å². The van der Waals surface area contributed by atoms with Crippen LogP contribution in [0.1, 0.15) is 6.42 Å². The third-order valence-corrected chi connectivity index (χ3v) is 5.60. The van der Waals surface area contributed by atoms with E-state index in [0.29, 0.717) is 5.82 Å². The molecule has 0 spiro atoms. The van der Waals surface area contributed by atoms with Gasteiger partial charge in [-0.25, -0.2) is 18.1 Å². The summed E-state index contributed by atoms with van der Waals surface area (Å²) < 4.78 is 26.8. The van der Waals surface area contributed by atoms with Gasteiger partial charge in [-0.1, -0.05) is 41.9 Å². The van der Waals surface area contributed by atoms with Crippen molar-refractivity contribution in [2.24, 2.45) is 0 Å². The number of hydrogen-bond acceptors (Lipinski definition) is 4. The van der Waals surface area contributed by atoms with Crippen LogP contribution >= 0.6 is 11.6 Å². The molecule has 0 bridgehead atoms. The Morgan fingerprint density at radius 1 is 1.00 bits per heavy atom. The zero-order chi connectivity index (χ0) is 18.6. The van der Waals surface area contributed by atoms with Gasteiger partial charge in [0, 0.05) is 18.4 Å². The van der Waals surface area contributed by atoms with E-state index in [1.807, 2.05) is 30.3 Å². The number of anilines is 1. The van der Waals surface area contributed by atoms with Crippen molar-refractivity contribution in [3.05, 3.63) is 65.7 Å². The molecule has 0 saturated heterocycles. The first-order chi connectivity index (χ1) is 12.5. The highest BCUT2D eigenvalue weighted by Gasteiger charge is 2.17. The lowest BCUT2D eigenvalue weighted by molar-refractivity contribution is -0.116. The van der Waals surface area contributed by atoms with Crippen LogP contribution in [0.3, 0.4) is 0 Å². The normalized spacial score (nSPS) is 11.4. The number of halogens is 1. The van der Waals surface area contributed by atoms with Crippen LogP contribution in [0.4, 0.5) is 5.82 Å². The lowest BCUT2D eigenvalue weighted by Crippen LogP contribution is -2.28. The van der Waals surface area contributed by atoms with Crippen molar-refractivity contribution in [1.29, 1.82) is 0 Å². The van der Waals surface area contributed by atoms with E-state index in [9.17, 15) is 13.2 Å². The highest BCUT2D eigenvalue weighted by atomic mass is 35.5. The topological polar surface area (TPSA) is 88.2 Å². The molecule has 3 aromatic rings. The highest BCUT2D eigenvalue weighted by Crippen LogP contribution is 2.20. The second-order valence-corrected chi connectivity index (χ2v) is 7.66. The summed E-state index contributed by atoms with van der Waals surface area (Å²) in [6, 6.07) is 17.2. The van der Waals surface area contributed by atoms with Crippen molar-refractivity contribution in [2.45, 2.75) is 11.3 Å². The van der Waals surface area contributed by atoms with Gasteiger partial charge in [-0.2, -0.15) is 0 Å². The maximum Gasteiger partial charge on any atom is 0.242 e. The van der Waals surface area contributed by atoms with Crippen LogP contribution in [0.25, 0.3) is 10.9 Å². The molecule has 0 aliphatic carbocycles. The van der Waals surface area contributed by atoms with Gasteiger partial charge < -0.3 is 5.32 Å². The molecule has 0 radical (unpaired) electrons. The Morgan fingerprint density at radius 3 is 2.54 bits per heavy atom. The quantitative estimate of drug-likeness (QED) is 0.677. The van der Waals surface area contributed by atoms with Gasteiger partial charge >= 0.3 is 0 Å². The van der Waals surface area contributed by atoms with Crippen LogP contribution in [0.2, 0.25) is 5.02 Å². The van der Waals surface area contributed by atoms with Crippen LogP contribution in [0, 0.1) is 0 Å². The lowest BCUT2D eigenvalue weighted by Gasteiger charge is -2.09.